The number of hydrogen-bond acceptors (Lipinski definition) is 4. The lowest BCUT2D eigenvalue weighted by molar-refractivity contribution is -0.143. The summed E-state index contributed by atoms with van der Waals surface area (Å²) < 4.78 is 5.03. The lowest BCUT2D eigenvalue weighted by Gasteiger charge is -2.07. The number of nitrogens with one attached hydrogen (secondary N) is 1. The quantitative estimate of drug-likeness (QED) is 0.697. The Kier molecular flexibility index (Phi) is 5.53. The van der Waals surface area contributed by atoms with E-state index in [4.69, 9.17) is 9.84 Å². The zero-order valence-electron chi connectivity index (χ0n) is 9.35. The number of hydrogen-bond donors (Lipinski definition) is 2. The number of ether oxygens (including phenoxy) is 1. The topological polar surface area (TPSA) is 58.6 Å². The van der Waals surface area contributed by atoms with Crippen LogP contribution in [0.1, 0.15) is 12.5 Å². The van der Waals surface area contributed by atoms with Gasteiger partial charge in [-0.25, -0.2) is 0 Å². The molecular weight excluding hydrogens is 206 g/mol. The fourth-order valence-electron chi connectivity index (χ4n) is 1.17. The van der Waals surface area contributed by atoms with Gasteiger partial charge in [0.2, 0.25) is 0 Å². The summed E-state index contributed by atoms with van der Waals surface area (Å²) in [5, 5.41) is 11.8. The van der Waals surface area contributed by atoms with Crippen molar-refractivity contribution >= 4 is 5.97 Å². The monoisotopic (exact) mass is 223 g/mol. The zero-order chi connectivity index (χ0) is 11.8. The fraction of sp³-hybridized carbons (Fsp3) is 0.417. The second kappa shape index (κ2) is 6.98. The van der Waals surface area contributed by atoms with E-state index in [9.17, 15) is 4.79 Å². The number of carbonyl (C=O) groups is 1. The molecule has 88 valence electrons. The molecule has 0 spiro atoms. The van der Waals surface area contributed by atoms with Crippen LogP contribution >= 0.6 is 0 Å². The van der Waals surface area contributed by atoms with Crippen LogP contribution in [-0.4, -0.2) is 30.3 Å². The van der Waals surface area contributed by atoms with Crippen molar-refractivity contribution < 1.29 is 14.6 Å². The van der Waals surface area contributed by atoms with Crippen LogP contribution in [0.2, 0.25) is 0 Å². The van der Waals surface area contributed by atoms with Gasteiger partial charge < -0.3 is 15.2 Å². The van der Waals surface area contributed by atoms with Gasteiger partial charge in [-0.15, -0.1) is 0 Å². The first-order chi connectivity index (χ1) is 7.68. The van der Waals surface area contributed by atoms with Crippen LogP contribution in [0.5, 0.6) is 0 Å². The van der Waals surface area contributed by atoms with E-state index in [1.165, 1.54) is 0 Å². The predicted molar refractivity (Wildman–Crippen MR) is 60.8 cm³/mol. The van der Waals surface area contributed by atoms with Crippen molar-refractivity contribution in [3.8, 4) is 0 Å². The van der Waals surface area contributed by atoms with Gasteiger partial charge in [0.15, 0.2) is 0 Å². The molecule has 0 amide bonds. The average Bonchev–Trinajstić information content (AvgIpc) is 2.27. The summed E-state index contributed by atoms with van der Waals surface area (Å²) in [6.07, 6.45) is -0.457. The van der Waals surface area contributed by atoms with Gasteiger partial charge in [-0.1, -0.05) is 30.3 Å². The summed E-state index contributed by atoms with van der Waals surface area (Å²) >= 11 is 0. The van der Waals surface area contributed by atoms with E-state index < -0.39 is 6.10 Å². The SMILES string of the molecule is CC(O)CNCC(=O)OCc1ccccc1. The normalized spacial score (nSPS) is 12.1. The van der Waals surface area contributed by atoms with Crippen molar-refractivity contribution in [2.75, 3.05) is 13.1 Å². The van der Waals surface area contributed by atoms with Gasteiger partial charge in [-0.3, -0.25) is 4.79 Å². The Labute approximate surface area is 95.2 Å². The highest BCUT2D eigenvalue weighted by Gasteiger charge is 2.03. The highest BCUT2D eigenvalue weighted by atomic mass is 16.5. The van der Waals surface area contributed by atoms with Crippen LogP contribution in [-0.2, 0) is 16.1 Å². The highest BCUT2D eigenvalue weighted by molar-refractivity contribution is 5.71. The van der Waals surface area contributed by atoms with E-state index in [1.807, 2.05) is 30.3 Å². The van der Waals surface area contributed by atoms with Crippen molar-refractivity contribution in [3.05, 3.63) is 35.9 Å². The minimum absolute atomic E-state index is 0.123. The molecule has 0 saturated heterocycles. The average molecular weight is 223 g/mol. The molecule has 1 aromatic carbocycles. The van der Waals surface area contributed by atoms with Crippen molar-refractivity contribution in [3.63, 3.8) is 0 Å². The number of carbonyl (C=O) groups excluding carboxylic acids is 1. The summed E-state index contributed by atoms with van der Waals surface area (Å²) in [4.78, 5) is 11.2. The van der Waals surface area contributed by atoms with E-state index in [-0.39, 0.29) is 19.1 Å². The first-order valence-corrected chi connectivity index (χ1v) is 5.27. The van der Waals surface area contributed by atoms with Crippen molar-refractivity contribution in [2.24, 2.45) is 0 Å². The van der Waals surface area contributed by atoms with E-state index in [0.29, 0.717) is 6.54 Å². The van der Waals surface area contributed by atoms with Gasteiger partial charge in [-0.2, -0.15) is 0 Å². The molecule has 0 fully saturated rings. The summed E-state index contributed by atoms with van der Waals surface area (Å²) in [5.74, 6) is -0.315. The number of esters is 1. The molecule has 1 aromatic rings. The Morgan fingerprint density at radius 1 is 1.44 bits per heavy atom. The summed E-state index contributed by atoms with van der Waals surface area (Å²) in [6.45, 7) is 2.45. The molecule has 0 aromatic heterocycles. The van der Waals surface area contributed by atoms with E-state index in [0.717, 1.165) is 5.56 Å². The fourth-order valence-corrected chi connectivity index (χ4v) is 1.17. The molecule has 1 atom stereocenters. The first kappa shape index (κ1) is 12.7. The van der Waals surface area contributed by atoms with Gasteiger partial charge in [0, 0.05) is 6.54 Å². The molecule has 4 heteroatoms. The van der Waals surface area contributed by atoms with E-state index >= 15 is 0 Å². The zero-order valence-corrected chi connectivity index (χ0v) is 9.35. The molecule has 0 aliphatic heterocycles. The number of benzene rings is 1. The maximum Gasteiger partial charge on any atom is 0.320 e. The molecule has 1 rings (SSSR count). The van der Waals surface area contributed by atoms with Crippen LogP contribution in [0.15, 0.2) is 30.3 Å². The Bertz CT molecular complexity index is 311. The number of rotatable bonds is 6. The minimum atomic E-state index is -0.457. The molecule has 0 aliphatic rings. The molecule has 4 nitrogen and oxygen atoms in total. The molecule has 1 unspecified atom stereocenters. The molecule has 0 aliphatic carbocycles. The van der Waals surface area contributed by atoms with Gasteiger partial charge in [0.05, 0.1) is 12.6 Å². The maximum absolute atomic E-state index is 11.2. The Morgan fingerprint density at radius 2 is 2.12 bits per heavy atom. The number of aliphatic hydroxyl groups is 1. The van der Waals surface area contributed by atoms with Crippen LogP contribution in [0.3, 0.4) is 0 Å². The van der Waals surface area contributed by atoms with Crippen LogP contribution in [0.25, 0.3) is 0 Å². The molecular formula is C12H17NO3. The van der Waals surface area contributed by atoms with Crippen LogP contribution in [0, 0.1) is 0 Å². The lowest BCUT2D eigenvalue weighted by atomic mass is 10.2. The third kappa shape index (κ3) is 5.48. The predicted octanol–water partition coefficient (Wildman–Crippen LogP) is 0.700. The molecule has 0 heterocycles. The smallest absolute Gasteiger partial charge is 0.320 e. The molecule has 0 radical (unpaired) electrons. The molecule has 0 bridgehead atoms. The highest BCUT2D eigenvalue weighted by Crippen LogP contribution is 2.00. The van der Waals surface area contributed by atoms with Gasteiger partial charge in [0.1, 0.15) is 6.61 Å². The van der Waals surface area contributed by atoms with E-state index in [2.05, 4.69) is 5.32 Å². The Morgan fingerprint density at radius 3 is 2.75 bits per heavy atom. The third-order valence-electron chi connectivity index (χ3n) is 1.95. The Hall–Kier alpha value is -1.39. The van der Waals surface area contributed by atoms with Crippen molar-refractivity contribution in [1.29, 1.82) is 0 Å². The molecule has 16 heavy (non-hydrogen) atoms. The second-order valence-electron chi connectivity index (χ2n) is 3.63. The van der Waals surface area contributed by atoms with Gasteiger partial charge in [0.25, 0.3) is 0 Å². The van der Waals surface area contributed by atoms with Crippen molar-refractivity contribution in [2.45, 2.75) is 19.6 Å². The first-order valence-electron chi connectivity index (χ1n) is 5.27. The van der Waals surface area contributed by atoms with Crippen LogP contribution in [0.4, 0.5) is 0 Å². The van der Waals surface area contributed by atoms with E-state index in [1.54, 1.807) is 6.92 Å². The molecule has 0 saturated carbocycles. The maximum atomic E-state index is 11.2. The van der Waals surface area contributed by atoms with Crippen molar-refractivity contribution in [1.82, 2.24) is 5.32 Å². The van der Waals surface area contributed by atoms with Crippen LogP contribution < -0.4 is 5.32 Å². The van der Waals surface area contributed by atoms with Gasteiger partial charge >= 0.3 is 5.97 Å². The number of aliphatic hydroxyl groups excluding tert-OH is 1. The molecule has 2 N–H and O–H groups in total. The summed E-state index contributed by atoms with van der Waals surface area (Å²) in [6, 6.07) is 9.51. The Balaban J connectivity index is 2.16. The standard InChI is InChI=1S/C12H17NO3/c1-10(14)7-13-8-12(15)16-9-11-5-3-2-4-6-11/h2-6,10,13-14H,7-9H2,1H3. The largest absolute Gasteiger partial charge is 0.460 e. The second-order valence-corrected chi connectivity index (χ2v) is 3.63. The minimum Gasteiger partial charge on any atom is -0.460 e. The summed E-state index contributed by atoms with van der Waals surface area (Å²) in [7, 11) is 0. The van der Waals surface area contributed by atoms with Gasteiger partial charge in [-0.05, 0) is 12.5 Å². The lowest BCUT2D eigenvalue weighted by Crippen LogP contribution is -2.30. The third-order valence-corrected chi connectivity index (χ3v) is 1.95. The summed E-state index contributed by atoms with van der Waals surface area (Å²) in [5.41, 5.74) is 0.964.